The van der Waals surface area contributed by atoms with Crippen molar-refractivity contribution in [1.29, 1.82) is 0 Å². The first kappa shape index (κ1) is 13.8. The zero-order chi connectivity index (χ0) is 14.4. The van der Waals surface area contributed by atoms with Gasteiger partial charge in [0.05, 0.1) is 6.21 Å². The van der Waals surface area contributed by atoms with Crippen molar-refractivity contribution in [1.82, 2.24) is 5.43 Å². The number of benzene rings is 1. The second-order valence-electron chi connectivity index (χ2n) is 3.99. The summed E-state index contributed by atoms with van der Waals surface area (Å²) in [5, 5.41) is 3.71. The maximum Gasteiger partial charge on any atom is 0.277 e. The summed E-state index contributed by atoms with van der Waals surface area (Å²) in [4.78, 5) is 11.4. The van der Waals surface area contributed by atoms with E-state index < -0.39 is 11.7 Å². The van der Waals surface area contributed by atoms with E-state index in [1.807, 2.05) is 6.92 Å². The monoisotopic (exact) mass is 276 g/mol. The van der Waals surface area contributed by atoms with Gasteiger partial charge in [-0.15, -0.1) is 0 Å². The highest BCUT2D eigenvalue weighted by molar-refractivity contribution is 5.81. The van der Waals surface area contributed by atoms with Gasteiger partial charge in [0.15, 0.2) is 6.61 Å². The summed E-state index contributed by atoms with van der Waals surface area (Å²) in [6.07, 6.45) is 1.38. The third-order valence-electron chi connectivity index (χ3n) is 2.31. The molecule has 0 radical (unpaired) electrons. The Morgan fingerprint density at radius 1 is 1.45 bits per heavy atom. The van der Waals surface area contributed by atoms with Crippen LogP contribution in [0.4, 0.5) is 4.39 Å². The van der Waals surface area contributed by atoms with Crippen LogP contribution in [0.5, 0.6) is 5.75 Å². The highest BCUT2D eigenvalue weighted by atomic mass is 19.1. The summed E-state index contributed by atoms with van der Waals surface area (Å²) in [6, 6.07) is 9.07. The average molecular weight is 276 g/mol. The van der Waals surface area contributed by atoms with E-state index in [1.54, 1.807) is 18.2 Å². The van der Waals surface area contributed by atoms with Crippen LogP contribution in [0.15, 0.2) is 45.9 Å². The van der Waals surface area contributed by atoms with Gasteiger partial charge in [0.25, 0.3) is 5.91 Å². The van der Waals surface area contributed by atoms with Gasteiger partial charge >= 0.3 is 0 Å². The fourth-order valence-corrected chi connectivity index (χ4v) is 1.43. The second kappa shape index (κ2) is 6.51. The topological polar surface area (TPSA) is 63.8 Å². The van der Waals surface area contributed by atoms with Gasteiger partial charge in [-0.25, -0.2) is 9.82 Å². The Balaban J connectivity index is 1.77. The van der Waals surface area contributed by atoms with Crippen molar-refractivity contribution in [2.45, 2.75) is 6.92 Å². The molecule has 0 aliphatic heterocycles. The number of carbonyl (C=O) groups is 1. The van der Waals surface area contributed by atoms with Gasteiger partial charge in [-0.05, 0) is 31.2 Å². The van der Waals surface area contributed by atoms with Crippen LogP contribution in [-0.2, 0) is 4.79 Å². The van der Waals surface area contributed by atoms with Crippen LogP contribution in [0.25, 0.3) is 0 Å². The second-order valence-corrected chi connectivity index (χ2v) is 3.99. The van der Waals surface area contributed by atoms with E-state index in [4.69, 9.17) is 9.15 Å². The lowest BCUT2D eigenvalue weighted by molar-refractivity contribution is -0.123. The third-order valence-corrected chi connectivity index (χ3v) is 2.31. The Hall–Kier alpha value is -2.63. The molecule has 0 aliphatic rings. The summed E-state index contributed by atoms with van der Waals surface area (Å²) in [5.41, 5.74) is 2.28. The lowest BCUT2D eigenvalue weighted by Gasteiger charge is -2.04. The fraction of sp³-hybridized carbons (Fsp3) is 0.143. The molecule has 0 unspecified atom stereocenters. The molecule has 0 fully saturated rings. The SMILES string of the molecule is Cc1ccc(/C=N\NC(=O)COc2cccc(F)c2)o1. The van der Waals surface area contributed by atoms with E-state index in [9.17, 15) is 9.18 Å². The number of hydrazone groups is 1. The molecule has 1 aromatic heterocycles. The minimum Gasteiger partial charge on any atom is -0.484 e. The molecule has 2 aromatic rings. The highest BCUT2D eigenvalue weighted by Crippen LogP contribution is 2.11. The molecular weight excluding hydrogens is 263 g/mol. The van der Waals surface area contributed by atoms with Crippen molar-refractivity contribution < 1.29 is 18.3 Å². The number of ether oxygens (including phenoxy) is 1. The van der Waals surface area contributed by atoms with Crippen LogP contribution >= 0.6 is 0 Å². The van der Waals surface area contributed by atoms with Crippen molar-refractivity contribution in [3.63, 3.8) is 0 Å². The molecule has 1 aromatic carbocycles. The summed E-state index contributed by atoms with van der Waals surface area (Å²) in [6.45, 7) is 1.56. The number of amides is 1. The molecule has 0 saturated carbocycles. The first-order valence-electron chi connectivity index (χ1n) is 5.90. The molecule has 0 atom stereocenters. The Kier molecular flexibility index (Phi) is 4.49. The van der Waals surface area contributed by atoms with Crippen molar-refractivity contribution in [3.05, 3.63) is 53.7 Å². The molecule has 0 saturated heterocycles. The van der Waals surface area contributed by atoms with Gasteiger partial charge in [-0.2, -0.15) is 5.10 Å². The zero-order valence-corrected chi connectivity index (χ0v) is 10.8. The molecule has 1 N–H and O–H groups in total. The van der Waals surface area contributed by atoms with E-state index in [2.05, 4.69) is 10.5 Å². The van der Waals surface area contributed by atoms with Gasteiger partial charge in [0, 0.05) is 6.07 Å². The molecule has 2 rings (SSSR count). The average Bonchev–Trinajstić information content (AvgIpc) is 2.82. The van der Waals surface area contributed by atoms with Gasteiger partial charge < -0.3 is 9.15 Å². The fourth-order valence-electron chi connectivity index (χ4n) is 1.43. The number of nitrogens with zero attached hydrogens (tertiary/aromatic N) is 1. The van der Waals surface area contributed by atoms with Crippen molar-refractivity contribution in [3.8, 4) is 5.75 Å². The summed E-state index contributed by atoms with van der Waals surface area (Å²) >= 11 is 0. The largest absolute Gasteiger partial charge is 0.484 e. The molecule has 1 heterocycles. The van der Waals surface area contributed by atoms with Gasteiger partial charge in [-0.1, -0.05) is 6.07 Å². The Morgan fingerprint density at radius 2 is 2.30 bits per heavy atom. The molecule has 0 bridgehead atoms. The summed E-state index contributed by atoms with van der Waals surface area (Å²) in [7, 11) is 0. The number of carbonyl (C=O) groups excluding carboxylic acids is 1. The van der Waals surface area contributed by atoms with E-state index in [1.165, 1.54) is 24.4 Å². The minimum atomic E-state index is -0.450. The van der Waals surface area contributed by atoms with Crippen LogP contribution in [-0.4, -0.2) is 18.7 Å². The molecule has 5 nitrogen and oxygen atoms in total. The minimum absolute atomic E-state index is 0.252. The first-order valence-corrected chi connectivity index (χ1v) is 5.90. The molecule has 0 aliphatic carbocycles. The van der Waals surface area contributed by atoms with Crippen LogP contribution in [0.2, 0.25) is 0 Å². The maximum atomic E-state index is 12.9. The maximum absolute atomic E-state index is 12.9. The summed E-state index contributed by atoms with van der Waals surface area (Å²) in [5.74, 6) is 0.703. The van der Waals surface area contributed by atoms with Crippen LogP contribution in [0.3, 0.4) is 0 Å². The Morgan fingerprint density at radius 3 is 3.00 bits per heavy atom. The number of hydrogen-bond donors (Lipinski definition) is 1. The molecule has 1 amide bonds. The van der Waals surface area contributed by atoms with Crippen molar-refractivity contribution >= 4 is 12.1 Å². The Labute approximate surface area is 115 Å². The van der Waals surface area contributed by atoms with Crippen LogP contribution < -0.4 is 10.2 Å². The highest BCUT2D eigenvalue weighted by Gasteiger charge is 2.02. The zero-order valence-electron chi connectivity index (χ0n) is 10.8. The summed E-state index contributed by atoms with van der Waals surface area (Å²) < 4.78 is 23.2. The van der Waals surface area contributed by atoms with E-state index in [-0.39, 0.29) is 12.4 Å². The first-order chi connectivity index (χ1) is 9.63. The quantitative estimate of drug-likeness (QED) is 0.673. The number of halogens is 1. The molecular formula is C14H13FN2O3. The smallest absolute Gasteiger partial charge is 0.277 e. The van der Waals surface area contributed by atoms with E-state index in [0.29, 0.717) is 5.76 Å². The van der Waals surface area contributed by atoms with Gasteiger partial charge in [-0.3, -0.25) is 4.79 Å². The van der Waals surface area contributed by atoms with Crippen molar-refractivity contribution in [2.24, 2.45) is 5.10 Å². The van der Waals surface area contributed by atoms with Crippen LogP contribution in [0.1, 0.15) is 11.5 Å². The van der Waals surface area contributed by atoms with E-state index >= 15 is 0 Å². The number of furan rings is 1. The molecule has 104 valence electrons. The number of aryl methyl sites for hydroxylation is 1. The molecule has 6 heteroatoms. The Bertz CT molecular complexity index is 622. The molecule has 0 spiro atoms. The van der Waals surface area contributed by atoms with Crippen LogP contribution in [0, 0.1) is 12.7 Å². The number of rotatable bonds is 5. The molecule has 20 heavy (non-hydrogen) atoms. The van der Waals surface area contributed by atoms with Gasteiger partial charge in [0.2, 0.25) is 0 Å². The van der Waals surface area contributed by atoms with E-state index in [0.717, 1.165) is 5.76 Å². The van der Waals surface area contributed by atoms with Gasteiger partial charge in [0.1, 0.15) is 23.1 Å². The lowest BCUT2D eigenvalue weighted by atomic mass is 10.3. The van der Waals surface area contributed by atoms with Crippen molar-refractivity contribution in [2.75, 3.05) is 6.61 Å². The lowest BCUT2D eigenvalue weighted by Crippen LogP contribution is -2.24. The third kappa shape index (κ3) is 4.24. The number of hydrogen-bond acceptors (Lipinski definition) is 4. The normalized spacial score (nSPS) is 10.7. The predicted molar refractivity (Wildman–Crippen MR) is 71.1 cm³/mol. The standard InChI is InChI=1S/C14H13FN2O3/c1-10-5-6-13(20-10)8-16-17-14(18)9-19-12-4-2-3-11(15)7-12/h2-8H,9H2,1H3,(H,17,18)/b16-8-. The number of nitrogens with one attached hydrogen (secondary N) is 1. The predicted octanol–water partition coefficient (Wildman–Crippen LogP) is 2.26.